The maximum Gasteiger partial charge on any atom is 0.272 e. The highest BCUT2D eigenvalue weighted by Gasteiger charge is 2.14. The van der Waals surface area contributed by atoms with E-state index in [1.54, 1.807) is 30.7 Å². The summed E-state index contributed by atoms with van der Waals surface area (Å²) in [4.78, 5) is 18.0. The first-order valence-corrected chi connectivity index (χ1v) is 6.61. The Hall–Kier alpha value is -3.35. The molecule has 3 rings (SSSR count). The average molecular weight is 311 g/mol. The lowest BCUT2D eigenvalue weighted by Crippen LogP contribution is -1.94. The molecule has 7 heteroatoms. The normalized spacial score (nSPS) is 10.3. The predicted octanol–water partition coefficient (Wildman–Crippen LogP) is 3.98. The maximum atomic E-state index is 14.0. The molecular formula is C16H10FN3O3. The Labute approximate surface area is 130 Å². The van der Waals surface area contributed by atoms with Crippen LogP contribution in [-0.4, -0.2) is 14.9 Å². The number of rotatable bonds is 4. The second-order valence-corrected chi connectivity index (χ2v) is 4.59. The van der Waals surface area contributed by atoms with E-state index in [4.69, 9.17) is 4.74 Å². The molecule has 6 nitrogen and oxygen atoms in total. The minimum atomic E-state index is -0.812. The summed E-state index contributed by atoms with van der Waals surface area (Å²) in [5.74, 6) is -0.541. The largest absolute Gasteiger partial charge is 0.454 e. The Balaban J connectivity index is 1.97. The number of non-ortho nitro benzene ring substituents is 1. The number of aromatic nitrogens is 2. The summed E-state index contributed by atoms with van der Waals surface area (Å²) in [5, 5.41) is 10.6. The van der Waals surface area contributed by atoms with E-state index < -0.39 is 10.7 Å². The molecule has 0 spiro atoms. The molecule has 3 aromatic rings. The lowest BCUT2D eigenvalue weighted by atomic mass is 10.1. The molecule has 0 bridgehead atoms. The van der Waals surface area contributed by atoms with E-state index in [1.165, 1.54) is 18.3 Å². The van der Waals surface area contributed by atoms with Crippen molar-refractivity contribution in [3.8, 4) is 22.6 Å². The average Bonchev–Trinajstić information content (AvgIpc) is 2.58. The van der Waals surface area contributed by atoms with Gasteiger partial charge < -0.3 is 4.74 Å². The van der Waals surface area contributed by atoms with Gasteiger partial charge in [-0.15, -0.1) is 0 Å². The van der Waals surface area contributed by atoms with Crippen molar-refractivity contribution in [2.75, 3.05) is 0 Å². The monoisotopic (exact) mass is 311 g/mol. The molecule has 0 amide bonds. The summed E-state index contributed by atoms with van der Waals surface area (Å²) in [6.07, 6.45) is 6.36. The molecule has 0 fully saturated rings. The zero-order valence-electron chi connectivity index (χ0n) is 11.7. The third-order valence-electron chi connectivity index (χ3n) is 3.10. The number of nitro benzene ring substituents is 1. The van der Waals surface area contributed by atoms with Gasteiger partial charge in [0.1, 0.15) is 5.75 Å². The third-order valence-corrected chi connectivity index (χ3v) is 3.10. The summed E-state index contributed by atoms with van der Waals surface area (Å²) in [6, 6.07) is 8.40. The minimum absolute atomic E-state index is 0.105. The minimum Gasteiger partial charge on any atom is -0.454 e. The molecule has 0 radical (unpaired) electrons. The molecule has 0 aliphatic carbocycles. The molecule has 0 atom stereocenters. The van der Waals surface area contributed by atoms with Crippen LogP contribution in [-0.2, 0) is 0 Å². The number of halogens is 1. The number of pyridine rings is 2. The fourth-order valence-corrected chi connectivity index (χ4v) is 2.01. The fourth-order valence-electron chi connectivity index (χ4n) is 2.01. The van der Waals surface area contributed by atoms with Gasteiger partial charge >= 0.3 is 0 Å². The molecule has 0 aliphatic heterocycles. The molecular weight excluding hydrogens is 301 g/mol. The molecule has 2 heterocycles. The van der Waals surface area contributed by atoms with Gasteiger partial charge in [0.15, 0.2) is 11.6 Å². The molecule has 0 saturated carbocycles. The lowest BCUT2D eigenvalue weighted by molar-refractivity contribution is -0.385. The predicted molar refractivity (Wildman–Crippen MR) is 80.6 cm³/mol. The number of benzene rings is 1. The summed E-state index contributed by atoms with van der Waals surface area (Å²) >= 11 is 0. The Kier molecular flexibility index (Phi) is 3.92. The lowest BCUT2D eigenvalue weighted by Gasteiger charge is -2.11. The van der Waals surface area contributed by atoms with Crippen molar-refractivity contribution in [2.45, 2.75) is 0 Å². The van der Waals surface area contributed by atoms with Crippen LogP contribution in [0.25, 0.3) is 11.1 Å². The van der Waals surface area contributed by atoms with Crippen molar-refractivity contribution in [1.29, 1.82) is 0 Å². The molecule has 2 aromatic heterocycles. The second-order valence-electron chi connectivity index (χ2n) is 4.59. The summed E-state index contributed by atoms with van der Waals surface area (Å²) in [5.41, 5.74) is 1.06. The van der Waals surface area contributed by atoms with Crippen LogP contribution in [0.4, 0.5) is 10.1 Å². The summed E-state index contributed by atoms with van der Waals surface area (Å²) in [6.45, 7) is 0. The Bertz CT molecular complexity index is 856. The summed E-state index contributed by atoms with van der Waals surface area (Å²) in [7, 11) is 0. The highest BCUT2D eigenvalue weighted by Crippen LogP contribution is 2.34. The molecule has 23 heavy (non-hydrogen) atoms. The molecule has 0 N–H and O–H groups in total. The summed E-state index contributed by atoms with van der Waals surface area (Å²) < 4.78 is 19.5. The van der Waals surface area contributed by atoms with Gasteiger partial charge in [0.2, 0.25) is 0 Å². The van der Waals surface area contributed by atoms with Crippen molar-refractivity contribution >= 4 is 5.69 Å². The van der Waals surface area contributed by atoms with Gasteiger partial charge in [0, 0.05) is 42.0 Å². The number of ether oxygens (including phenoxy) is 1. The third kappa shape index (κ3) is 3.13. The second kappa shape index (κ2) is 6.18. The quantitative estimate of drug-likeness (QED) is 0.538. The van der Waals surface area contributed by atoms with Crippen molar-refractivity contribution in [3.05, 3.63) is 77.1 Å². The van der Waals surface area contributed by atoms with E-state index in [2.05, 4.69) is 9.97 Å². The first-order chi connectivity index (χ1) is 11.1. The van der Waals surface area contributed by atoms with Gasteiger partial charge in [0.05, 0.1) is 11.0 Å². The van der Waals surface area contributed by atoms with Crippen molar-refractivity contribution in [1.82, 2.24) is 9.97 Å². The van der Waals surface area contributed by atoms with Gasteiger partial charge in [-0.2, -0.15) is 0 Å². The molecule has 0 saturated heterocycles. The first-order valence-electron chi connectivity index (χ1n) is 6.61. The van der Waals surface area contributed by atoms with Gasteiger partial charge in [-0.05, 0) is 18.2 Å². The number of nitro groups is 1. The Morgan fingerprint density at radius 2 is 1.87 bits per heavy atom. The van der Waals surface area contributed by atoms with Crippen LogP contribution in [0, 0.1) is 15.9 Å². The van der Waals surface area contributed by atoms with Gasteiger partial charge in [-0.1, -0.05) is 6.07 Å². The molecule has 0 aliphatic rings. The maximum absolute atomic E-state index is 14.0. The van der Waals surface area contributed by atoms with Gasteiger partial charge in [0.25, 0.3) is 5.69 Å². The van der Waals surface area contributed by atoms with Crippen molar-refractivity contribution in [2.24, 2.45) is 0 Å². The SMILES string of the molecule is O=[N+]([O-])c1ccc(Oc2ccncc2-c2cccnc2)c(F)c1. The Morgan fingerprint density at radius 1 is 1.04 bits per heavy atom. The molecule has 1 aromatic carbocycles. The number of hydrogen-bond donors (Lipinski definition) is 0. The molecule has 0 unspecified atom stereocenters. The van der Waals surface area contributed by atoms with E-state index >= 15 is 0 Å². The van der Waals surface area contributed by atoms with Crippen LogP contribution >= 0.6 is 0 Å². The van der Waals surface area contributed by atoms with E-state index in [0.29, 0.717) is 11.3 Å². The van der Waals surface area contributed by atoms with E-state index in [0.717, 1.165) is 11.6 Å². The smallest absolute Gasteiger partial charge is 0.272 e. The highest BCUT2D eigenvalue weighted by molar-refractivity contribution is 5.69. The van der Waals surface area contributed by atoms with E-state index in [-0.39, 0.29) is 11.4 Å². The van der Waals surface area contributed by atoms with E-state index in [9.17, 15) is 14.5 Å². The Morgan fingerprint density at radius 3 is 2.57 bits per heavy atom. The zero-order valence-corrected chi connectivity index (χ0v) is 11.7. The van der Waals surface area contributed by atoms with Crippen LogP contribution in [0.5, 0.6) is 11.5 Å². The van der Waals surface area contributed by atoms with E-state index in [1.807, 2.05) is 6.07 Å². The number of nitrogens with zero attached hydrogens (tertiary/aromatic N) is 3. The van der Waals surface area contributed by atoms with Crippen LogP contribution in [0.3, 0.4) is 0 Å². The molecule has 114 valence electrons. The van der Waals surface area contributed by atoms with Gasteiger partial charge in [-0.3, -0.25) is 20.1 Å². The van der Waals surface area contributed by atoms with Crippen LogP contribution < -0.4 is 4.74 Å². The topological polar surface area (TPSA) is 78.2 Å². The standard InChI is InChI=1S/C16H10FN3O3/c17-14-8-12(20(21)22)3-4-16(14)23-15-5-7-19-10-13(15)11-2-1-6-18-9-11/h1-10H. The number of hydrogen-bond acceptors (Lipinski definition) is 5. The highest BCUT2D eigenvalue weighted by atomic mass is 19.1. The van der Waals surface area contributed by atoms with Crippen LogP contribution in [0.2, 0.25) is 0 Å². The van der Waals surface area contributed by atoms with Crippen molar-refractivity contribution in [3.63, 3.8) is 0 Å². The fraction of sp³-hybridized carbons (Fsp3) is 0. The zero-order chi connectivity index (χ0) is 16.2. The van der Waals surface area contributed by atoms with Crippen LogP contribution in [0.1, 0.15) is 0 Å². The first kappa shape index (κ1) is 14.6. The van der Waals surface area contributed by atoms with Crippen LogP contribution in [0.15, 0.2) is 61.2 Å². The van der Waals surface area contributed by atoms with Gasteiger partial charge in [-0.25, -0.2) is 4.39 Å². The van der Waals surface area contributed by atoms with Crippen molar-refractivity contribution < 1.29 is 14.1 Å².